The molecule has 0 radical (unpaired) electrons. The van der Waals surface area contributed by atoms with Crippen molar-refractivity contribution in [2.75, 3.05) is 5.73 Å². The van der Waals surface area contributed by atoms with Crippen molar-refractivity contribution >= 4 is 22.9 Å². The fraction of sp³-hybridized carbons (Fsp3) is 0.182. The Kier molecular flexibility index (Phi) is 3.95. The van der Waals surface area contributed by atoms with Gasteiger partial charge in [0.2, 0.25) is 0 Å². The Morgan fingerprint density at radius 3 is 2.44 bits per heavy atom. The van der Waals surface area contributed by atoms with Gasteiger partial charge in [0.15, 0.2) is 5.95 Å². The second-order valence-electron chi connectivity index (χ2n) is 3.54. The Morgan fingerprint density at radius 2 is 1.94 bits per heavy atom. The summed E-state index contributed by atoms with van der Waals surface area (Å²) >= 11 is 0. The number of halogens is 1. The number of hydrogen-bond acceptors (Lipinski definition) is 3. The second-order valence-corrected chi connectivity index (χ2v) is 3.54. The molecule has 2 aromatic rings. The van der Waals surface area contributed by atoms with E-state index >= 15 is 0 Å². The SMILES string of the molecule is Br.Cn1cc(Cc2ccc(O)cc2)nc1N. The number of benzene rings is 1. The van der Waals surface area contributed by atoms with Crippen molar-refractivity contribution in [2.24, 2.45) is 7.05 Å². The van der Waals surface area contributed by atoms with Crippen LogP contribution >= 0.6 is 17.0 Å². The number of aromatic hydroxyl groups is 1. The van der Waals surface area contributed by atoms with Gasteiger partial charge in [-0.05, 0) is 17.7 Å². The minimum atomic E-state index is 0. The predicted molar refractivity (Wildman–Crippen MR) is 68.9 cm³/mol. The Morgan fingerprint density at radius 1 is 1.31 bits per heavy atom. The van der Waals surface area contributed by atoms with Crippen molar-refractivity contribution in [3.63, 3.8) is 0 Å². The Labute approximate surface area is 105 Å². The van der Waals surface area contributed by atoms with Crippen LogP contribution in [0, 0.1) is 0 Å². The van der Waals surface area contributed by atoms with Crippen molar-refractivity contribution in [1.82, 2.24) is 9.55 Å². The number of phenols is 1. The summed E-state index contributed by atoms with van der Waals surface area (Å²) in [6.07, 6.45) is 2.63. The first-order valence-electron chi connectivity index (χ1n) is 4.71. The molecule has 16 heavy (non-hydrogen) atoms. The largest absolute Gasteiger partial charge is 0.508 e. The quantitative estimate of drug-likeness (QED) is 0.885. The number of rotatable bonds is 2. The third-order valence-corrected chi connectivity index (χ3v) is 2.28. The van der Waals surface area contributed by atoms with Crippen LogP contribution in [0.2, 0.25) is 0 Å². The standard InChI is InChI=1S/C11H13N3O.BrH/c1-14-7-9(13-11(14)12)6-8-2-4-10(15)5-3-8;/h2-5,7,15H,6H2,1H3,(H2,12,13);1H. The maximum atomic E-state index is 9.13. The summed E-state index contributed by atoms with van der Waals surface area (Å²) in [5, 5.41) is 9.13. The molecule has 0 amide bonds. The van der Waals surface area contributed by atoms with Crippen molar-refractivity contribution in [1.29, 1.82) is 0 Å². The molecule has 0 aliphatic carbocycles. The van der Waals surface area contributed by atoms with Gasteiger partial charge in [0.25, 0.3) is 0 Å². The van der Waals surface area contributed by atoms with E-state index in [1.165, 1.54) is 0 Å². The number of anilines is 1. The Bertz CT molecular complexity index is 445. The molecule has 0 aliphatic rings. The van der Waals surface area contributed by atoms with Crippen molar-refractivity contribution in [2.45, 2.75) is 6.42 Å². The lowest BCUT2D eigenvalue weighted by atomic mass is 10.1. The van der Waals surface area contributed by atoms with E-state index in [9.17, 15) is 0 Å². The van der Waals surface area contributed by atoms with Gasteiger partial charge in [0, 0.05) is 19.7 Å². The van der Waals surface area contributed by atoms with Crippen molar-refractivity contribution in [3.05, 3.63) is 41.7 Å². The van der Waals surface area contributed by atoms with Gasteiger partial charge in [0.05, 0.1) is 5.69 Å². The monoisotopic (exact) mass is 283 g/mol. The normalized spacial score (nSPS) is 9.81. The van der Waals surface area contributed by atoms with Gasteiger partial charge < -0.3 is 15.4 Å². The molecule has 0 fully saturated rings. The first-order valence-corrected chi connectivity index (χ1v) is 4.71. The van der Waals surface area contributed by atoms with Gasteiger partial charge in [-0.3, -0.25) is 0 Å². The topological polar surface area (TPSA) is 64.1 Å². The molecular weight excluding hydrogens is 270 g/mol. The molecule has 1 heterocycles. The molecule has 0 aliphatic heterocycles. The molecule has 1 aromatic heterocycles. The molecule has 4 nitrogen and oxygen atoms in total. The average molecular weight is 284 g/mol. The Balaban J connectivity index is 0.00000128. The fourth-order valence-corrected chi connectivity index (χ4v) is 1.45. The zero-order valence-corrected chi connectivity index (χ0v) is 10.6. The Hall–Kier alpha value is -1.49. The van der Waals surface area contributed by atoms with Crippen LogP contribution in [-0.4, -0.2) is 14.7 Å². The van der Waals surface area contributed by atoms with E-state index in [0.29, 0.717) is 5.95 Å². The van der Waals surface area contributed by atoms with E-state index in [-0.39, 0.29) is 22.7 Å². The lowest BCUT2D eigenvalue weighted by molar-refractivity contribution is 0.475. The molecule has 0 bridgehead atoms. The van der Waals surface area contributed by atoms with E-state index in [2.05, 4.69) is 4.98 Å². The van der Waals surface area contributed by atoms with Gasteiger partial charge in [-0.1, -0.05) is 12.1 Å². The highest BCUT2D eigenvalue weighted by molar-refractivity contribution is 8.93. The highest BCUT2D eigenvalue weighted by atomic mass is 79.9. The summed E-state index contributed by atoms with van der Waals surface area (Å²) in [5.74, 6) is 0.795. The summed E-state index contributed by atoms with van der Waals surface area (Å²) in [4.78, 5) is 4.21. The number of aryl methyl sites for hydroxylation is 1. The number of phenolic OH excluding ortho intramolecular Hbond substituents is 1. The summed E-state index contributed by atoms with van der Waals surface area (Å²) in [6.45, 7) is 0. The molecule has 3 N–H and O–H groups in total. The third-order valence-electron chi connectivity index (χ3n) is 2.28. The van der Waals surface area contributed by atoms with E-state index in [4.69, 9.17) is 10.8 Å². The zero-order valence-electron chi connectivity index (χ0n) is 8.92. The minimum Gasteiger partial charge on any atom is -0.508 e. The van der Waals surface area contributed by atoms with E-state index in [1.807, 2.05) is 25.4 Å². The second kappa shape index (κ2) is 5.03. The van der Waals surface area contributed by atoms with Gasteiger partial charge >= 0.3 is 0 Å². The summed E-state index contributed by atoms with van der Waals surface area (Å²) < 4.78 is 1.79. The molecule has 86 valence electrons. The average Bonchev–Trinajstić information content (AvgIpc) is 2.50. The highest BCUT2D eigenvalue weighted by Gasteiger charge is 2.02. The molecule has 0 spiro atoms. The van der Waals surface area contributed by atoms with Crippen molar-refractivity contribution in [3.8, 4) is 5.75 Å². The van der Waals surface area contributed by atoms with Crippen molar-refractivity contribution < 1.29 is 5.11 Å². The van der Waals surface area contributed by atoms with Crippen LogP contribution in [0.3, 0.4) is 0 Å². The first-order chi connectivity index (χ1) is 7.15. The van der Waals surface area contributed by atoms with Gasteiger partial charge in [-0.15, -0.1) is 17.0 Å². The summed E-state index contributed by atoms with van der Waals surface area (Å²) in [7, 11) is 1.86. The van der Waals surface area contributed by atoms with Crippen LogP contribution in [0.15, 0.2) is 30.5 Å². The lowest BCUT2D eigenvalue weighted by Gasteiger charge is -1.97. The van der Waals surface area contributed by atoms with Crippen LogP contribution in [0.1, 0.15) is 11.3 Å². The molecule has 0 atom stereocenters. The molecule has 0 saturated carbocycles. The van der Waals surface area contributed by atoms with E-state index in [1.54, 1.807) is 16.7 Å². The van der Waals surface area contributed by atoms with Crippen LogP contribution < -0.4 is 5.73 Å². The number of nitrogens with two attached hydrogens (primary N) is 1. The summed E-state index contributed by atoms with van der Waals surface area (Å²) in [6, 6.07) is 7.09. The smallest absolute Gasteiger partial charge is 0.200 e. The number of hydrogen-bond donors (Lipinski definition) is 2. The molecule has 2 rings (SSSR count). The van der Waals surface area contributed by atoms with Gasteiger partial charge in [-0.2, -0.15) is 0 Å². The summed E-state index contributed by atoms with van der Waals surface area (Å²) in [5.41, 5.74) is 7.66. The molecular formula is C11H14BrN3O. The molecule has 1 aromatic carbocycles. The van der Waals surface area contributed by atoms with E-state index < -0.39 is 0 Å². The van der Waals surface area contributed by atoms with Crippen LogP contribution in [0.25, 0.3) is 0 Å². The number of nitrogen functional groups attached to an aromatic ring is 1. The highest BCUT2D eigenvalue weighted by Crippen LogP contribution is 2.13. The minimum absolute atomic E-state index is 0. The van der Waals surface area contributed by atoms with Gasteiger partial charge in [0.1, 0.15) is 5.75 Å². The number of aromatic nitrogens is 2. The lowest BCUT2D eigenvalue weighted by Crippen LogP contribution is -1.94. The predicted octanol–water partition coefficient (Wildman–Crippen LogP) is 1.88. The number of imidazole rings is 1. The molecule has 0 saturated heterocycles. The first kappa shape index (κ1) is 12.6. The van der Waals surface area contributed by atoms with Crippen LogP contribution in [-0.2, 0) is 13.5 Å². The van der Waals surface area contributed by atoms with Gasteiger partial charge in [-0.25, -0.2) is 4.98 Å². The fourth-order valence-electron chi connectivity index (χ4n) is 1.45. The van der Waals surface area contributed by atoms with Crippen LogP contribution in [0.4, 0.5) is 5.95 Å². The van der Waals surface area contributed by atoms with E-state index in [0.717, 1.165) is 17.7 Å². The number of nitrogens with zero attached hydrogens (tertiary/aromatic N) is 2. The maximum absolute atomic E-state index is 9.13. The maximum Gasteiger partial charge on any atom is 0.200 e. The third kappa shape index (κ3) is 2.76. The molecule has 5 heteroatoms. The zero-order chi connectivity index (χ0) is 10.8. The molecule has 0 unspecified atom stereocenters. The van der Waals surface area contributed by atoms with Crippen LogP contribution in [0.5, 0.6) is 5.75 Å².